The summed E-state index contributed by atoms with van der Waals surface area (Å²) >= 11 is 0. The van der Waals surface area contributed by atoms with E-state index < -0.39 is 6.09 Å². The van der Waals surface area contributed by atoms with E-state index in [0.29, 0.717) is 11.4 Å². The zero-order valence-corrected chi connectivity index (χ0v) is 12.4. The molecule has 0 bridgehead atoms. The average Bonchev–Trinajstić information content (AvgIpc) is 2.55. The van der Waals surface area contributed by atoms with E-state index in [-0.39, 0.29) is 19.3 Å². The normalized spacial score (nSPS) is 9.74. The maximum Gasteiger partial charge on any atom is 0.410 e. The van der Waals surface area contributed by atoms with Crippen LogP contribution in [0.2, 0.25) is 0 Å². The molecule has 0 fully saturated rings. The van der Waals surface area contributed by atoms with Crippen LogP contribution in [0, 0.1) is 0 Å². The SMILES string of the molecule is NC(N)=Nc1ccccc1OCNC(=O)OCc1ccccc1. The van der Waals surface area contributed by atoms with E-state index in [0.717, 1.165) is 5.56 Å². The number of nitrogens with one attached hydrogen (secondary N) is 1. The Morgan fingerprint density at radius 3 is 2.48 bits per heavy atom. The van der Waals surface area contributed by atoms with Crippen LogP contribution >= 0.6 is 0 Å². The van der Waals surface area contributed by atoms with Gasteiger partial charge in [0.15, 0.2) is 12.7 Å². The first kappa shape index (κ1) is 16.2. The summed E-state index contributed by atoms with van der Waals surface area (Å²) < 4.78 is 10.5. The van der Waals surface area contributed by atoms with E-state index in [1.807, 2.05) is 30.3 Å². The second-order valence-corrected chi connectivity index (χ2v) is 4.53. The van der Waals surface area contributed by atoms with Crippen LogP contribution in [-0.4, -0.2) is 18.8 Å². The van der Waals surface area contributed by atoms with E-state index >= 15 is 0 Å². The summed E-state index contributed by atoms with van der Waals surface area (Å²) in [5.74, 6) is 0.375. The first-order chi connectivity index (χ1) is 11.1. The fourth-order valence-corrected chi connectivity index (χ4v) is 1.76. The molecular formula is C16H18N4O3. The van der Waals surface area contributed by atoms with Crippen molar-refractivity contribution in [3.05, 3.63) is 60.2 Å². The number of benzene rings is 2. The highest BCUT2D eigenvalue weighted by Crippen LogP contribution is 2.26. The van der Waals surface area contributed by atoms with Gasteiger partial charge in [-0.3, -0.25) is 5.32 Å². The lowest BCUT2D eigenvalue weighted by molar-refractivity contribution is 0.130. The highest BCUT2D eigenvalue weighted by Gasteiger charge is 2.05. The minimum absolute atomic E-state index is 0.0648. The van der Waals surface area contributed by atoms with Gasteiger partial charge in [-0.2, -0.15) is 0 Å². The quantitative estimate of drug-likeness (QED) is 0.428. The standard InChI is InChI=1S/C16H18N4O3/c17-15(18)20-13-8-4-5-9-14(13)23-11-19-16(21)22-10-12-6-2-1-3-7-12/h1-9H,10-11H2,(H,19,21)(H4,17,18,20). The molecular weight excluding hydrogens is 296 g/mol. The summed E-state index contributed by atoms with van der Waals surface area (Å²) in [7, 11) is 0. The molecule has 7 heteroatoms. The smallest absolute Gasteiger partial charge is 0.410 e. The van der Waals surface area contributed by atoms with Crippen LogP contribution in [0.15, 0.2) is 59.6 Å². The Morgan fingerprint density at radius 2 is 1.74 bits per heavy atom. The molecule has 7 nitrogen and oxygen atoms in total. The number of carbonyl (C=O) groups is 1. The molecule has 1 amide bonds. The highest BCUT2D eigenvalue weighted by atomic mass is 16.6. The van der Waals surface area contributed by atoms with Crippen molar-refractivity contribution in [3.8, 4) is 5.75 Å². The molecule has 0 aromatic heterocycles. The van der Waals surface area contributed by atoms with Gasteiger partial charge in [0.2, 0.25) is 0 Å². The third-order valence-corrected chi connectivity index (χ3v) is 2.77. The van der Waals surface area contributed by atoms with Gasteiger partial charge in [0.25, 0.3) is 0 Å². The van der Waals surface area contributed by atoms with Gasteiger partial charge in [0.05, 0.1) is 0 Å². The van der Waals surface area contributed by atoms with Gasteiger partial charge in [-0.1, -0.05) is 42.5 Å². The molecule has 120 valence electrons. The molecule has 2 aromatic carbocycles. The Labute approximate surface area is 133 Å². The average molecular weight is 314 g/mol. The molecule has 2 aromatic rings. The van der Waals surface area contributed by atoms with Crippen LogP contribution in [0.4, 0.5) is 10.5 Å². The third kappa shape index (κ3) is 5.58. The van der Waals surface area contributed by atoms with E-state index in [1.165, 1.54) is 0 Å². The van der Waals surface area contributed by atoms with Crippen LogP contribution < -0.4 is 21.5 Å². The molecule has 0 heterocycles. The van der Waals surface area contributed by atoms with Crippen LogP contribution in [0.3, 0.4) is 0 Å². The number of hydrogen-bond acceptors (Lipinski definition) is 4. The minimum Gasteiger partial charge on any atom is -0.471 e. The number of aliphatic imine (C=N–C) groups is 1. The van der Waals surface area contributed by atoms with Crippen molar-refractivity contribution in [2.45, 2.75) is 6.61 Å². The summed E-state index contributed by atoms with van der Waals surface area (Å²) in [4.78, 5) is 15.5. The number of guanidine groups is 1. The molecule has 5 N–H and O–H groups in total. The molecule has 0 saturated heterocycles. The number of hydrogen-bond donors (Lipinski definition) is 3. The van der Waals surface area contributed by atoms with E-state index in [9.17, 15) is 4.79 Å². The summed E-state index contributed by atoms with van der Waals surface area (Å²) in [6, 6.07) is 16.3. The number of nitrogens with two attached hydrogens (primary N) is 2. The van der Waals surface area contributed by atoms with Crippen molar-refractivity contribution in [2.75, 3.05) is 6.73 Å². The van der Waals surface area contributed by atoms with E-state index in [2.05, 4.69) is 10.3 Å². The molecule has 0 radical (unpaired) electrons. The number of carbonyl (C=O) groups excluding carboxylic acids is 1. The van der Waals surface area contributed by atoms with Gasteiger partial charge >= 0.3 is 6.09 Å². The zero-order chi connectivity index (χ0) is 16.5. The largest absolute Gasteiger partial charge is 0.471 e. The Kier molecular flexibility index (Phi) is 5.81. The Morgan fingerprint density at radius 1 is 1.04 bits per heavy atom. The second-order valence-electron chi connectivity index (χ2n) is 4.53. The lowest BCUT2D eigenvalue weighted by Crippen LogP contribution is -2.28. The third-order valence-electron chi connectivity index (χ3n) is 2.77. The van der Waals surface area contributed by atoms with Gasteiger partial charge in [-0.15, -0.1) is 0 Å². The minimum atomic E-state index is -0.576. The summed E-state index contributed by atoms with van der Waals surface area (Å²) in [5.41, 5.74) is 12.1. The Bertz CT molecular complexity index is 670. The first-order valence-electron chi connectivity index (χ1n) is 6.91. The maximum absolute atomic E-state index is 11.6. The molecule has 2 rings (SSSR count). The lowest BCUT2D eigenvalue weighted by Gasteiger charge is -2.10. The second kappa shape index (κ2) is 8.28. The van der Waals surface area contributed by atoms with Crippen LogP contribution in [0.1, 0.15) is 5.56 Å². The van der Waals surface area contributed by atoms with Gasteiger partial charge < -0.3 is 20.9 Å². The van der Waals surface area contributed by atoms with Crippen LogP contribution in [-0.2, 0) is 11.3 Å². The Balaban J connectivity index is 1.79. The van der Waals surface area contributed by atoms with E-state index in [1.54, 1.807) is 24.3 Å². The number of amides is 1. The molecule has 23 heavy (non-hydrogen) atoms. The van der Waals surface area contributed by atoms with Crippen molar-refractivity contribution in [2.24, 2.45) is 16.5 Å². The fraction of sp³-hybridized carbons (Fsp3) is 0.125. The highest BCUT2D eigenvalue weighted by molar-refractivity contribution is 5.80. The molecule has 0 aliphatic carbocycles. The maximum atomic E-state index is 11.6. The first-order valence-corrected chi connectivity index (χ1v) is 6.91. The van der Waals surface area contributed by atoms with Gasteiger partial charge in [0.1, 0.15) is 18.0 Å². The zero-order valence-electron chi connectivity index (χ0n) is 12.4. The lowest BCUT2D eigenvalue weighted by atomic mass is 10.2. The summed E-state index contributed by atoms with van der Waals surface area (Å²) in [6.45, 7) is 0.127. The van der Waals surface area contributed by atoms with E-state index in [4.69, 9.17) is 20.9 Å². The molecule has 0 atom stereocenters. The van der Waals surface area contributed by atoms with Gasteiger partial charge in [0, 0.05) is 0 Å². The van der Waals surface area contributed by atoms with Crippen LogP contribution in [0.5, 0.6) is 5.75 Å². The van der Waals surface area contributed by atoms with Crippen molar-refractivity contribution < 1.29 is 14.3 Å². The van der Waals surface area contributed by atoms with Gasteiger partial charge in [-0.05, 0) is 17.7 Å². The van der Waals surface area contributed by atoms with Crippen molar-refractivity contribution in [1.29, 1.82) is 0 Å². The monoisotopic (exact) mass is 314 g/mol. The number of alkyl carbamates (subject to hydrolysis) is 1. The fourth-order valence-electron chi connectivity index (χ4n) is 1.76. The van der Waals surface area contributed by atoms with Crippen molar-refractivity contribution in [3.63, 3.8) is 0 Å². The molecule has 0 aliphatic rings. The van der Waals surface area contributed by atoms with Crippen LogP contribution in [0.25, 0.3) is 0 Å². The number of para-hydroxylation sites is 2. The summed E-state index contributed by atoms with van der Waals surface area (Å²) in [6.07, 6.45) is -0.576. The molecule has 0 unspecified atom stereocenters. The topological polar surface area (TPSA) is 112 Å². The predicted molar refractivity (Wildman–Crippen MR) is 87.2 cm³/mol. The number of ether oxygens (including phenoxy) is 2. The van der Waals surface area contributed by atoms with Crippen molar-refractivity contribution >= 4 is 17.7 Å². The van der Waals surface area contributed by atoms with Gasteiger partial charge in [-0.25, -0.2) is 9.79 Å². The van der Waals surface area contributed by atoms with Crippen molar-refractivity contribution in [1.82, 2.24) is 5.32 Å². The Hall–Kier alpha value is -3.22. The summed E-state index contributed by atoms with van der Waals surface area (Å²) in [5, 5.41) is 2.49. The predicted octanol–water partition coefficient (Wildman–Crippen LogP) is 1.85. The molecule has 0 spiro atoms. The number of rotatable bonds is 6. The number of nitrogens with zero attached hydrogens (tertiary/aromatic N) is 1. The molecule has 0 saturated carbocycles. The molecule has 0 aliphatic heterocycles.